The lowest BCUT2D eigenvalue weighted by Gasteiger charge is -2.36. The van der Waals surface area contributed by atoms with Crippen LogP contribution in [0.1, 0.15) is 25.0 Å². The highest BCUT2D eigenvalue weighted by Gasteiger charge is 2.38. The summed E-state index contributed by atoms with van der Waals surface area (Å²) >= 11 is 0. The van der Waals surface area contributed by atoms with Crippen LogP contribution < -0.4 is 14.8 Å². The molecule has 2 unspecified atom stereocenters. The largest absolute Gasteiger partial charge is 0.497 e. The molecule has 2 amide bonds. The second-order valence-electron chi connectivity index (χ2n) is 8.02. The zero-order chi connectivity index (χ0) is 22.4. The number of hydrogen-bond donors (Lipinski definition) is 1. The number of nitrogens with zero attached hydrogens (tertiary/aromatic N) is 1. The lowest BCUT2D eigenvalue weighted by atomic mass is 9.97. The van der Waals surface area contributed by atoms with Gasteiger partial charge in [-0.3, -0.25) is 9.59 Å². The van der Waals surface area contributed by atoms with Crippen molar-refractivity contribution < 1.29 is 19.1 Å². The average Bonchev–Trinajstić information content (AvgIpc) is 2.76. The van der Waals surface area contributed by atoms with Crippen molar-refractivity contribution in [2.75, 3.05) is 20.8 Å². The molecule has 2 aromatic rings. The predicted octanol–water partition coefficient (Wildman–Crippen LogP) is 3.15. The molecule has 1 aliphatic heterocycles. The van der Waals surface area contributed by atoms with Crippen LogP contribution in [0.25, 0.3) is 0 Å². The summed E-state index contributed by atoms with van der Waals surface area (Å²) in [5.74, 6) is 1.32. The smallest absolute Gasteiger partial charge is 0.245 e. The monoisotopic (exact) mass is 422 g/mol. The Kier molecular flexibility index (Phi) is 7.34. The lowest BCUT2D eigenvalue weighted by Crippen LogP contribution is -2.63. The molecule has 1 heterocycles. The first kappa shape index (κ1) is 22.4. The van der Waals surface area contributed by atoms with Crippen LogP contribution in [-0.4, -0.2) is 49.6 Å². The van der Waals surface area contributed by atoms with Gasteiger partial charge in [0.2, 0.25) is 11.8 Å². The molecule has 6 heteroatoms. The molecule has 0 spiro atoms. The highest BCUT2D eigenvalue weighted by atomic mass is 16.5. The Balaban J connectivity index is 1.60. The first-order valence-electron chi connectivity index (χ1n) is 10.4. The number of ether oxygens (including phenoxy) is 2. The molecule has 1 saturated heterocycles. The molecule has 0 radical (unpaired) electrons. The maximum Gasteiger partial charge on any atom is 0.245 e. The van der Waals surface area contributed by atoms with Crippen molar-refractivity contribution in [3.05, 3.63) is 71.3 Å². The van der Waals surface area contributed by atoms with Gasteiger partial charge in [0, 0.05) is 19.9 Å². The fourth-order valence-corrected chi connectivity index (χ4v) is 3.52. The van der Waals surface area contributed by atoms with Crippen LogP contribution >= 0.6 is 0 Å². The van der Waals surface area contributed by atoms with Gasteiger partial charge in [0.25, 0.3) is 0 Å². The molecule has 6 nitrogen and oxygen atoms in total. The van der Waals surface area contributed by atoms with E-state index in [1.165, 1.54) is 5.57 Å². The molecule has 3 rings (SSSR count). The van der Waals surface area contributed by atoms with Gasteiger partial charge in [-0.15, -0.1) is 0 Å². The number of carbonyl (C=O) groups excluding carboxylic acids is 2. The van der Waals surface area contributed by atoms with Crippen LogP contribution in [0.15, 0.2) is 60.2 Å². The van der Waals surface area contributed by atoms with Crippen molar-refractivity contribution in [1.29, 1.82) is 0 Å². The molecule has 0 aromatic heterocycles. The zero-order valence-corrected chi connectivity index (χ0v) is 18.6. The van der Waals surface area contributed by atoms with Crippen molar-refractivity contribution in [2.24, 2.45) is 0 Å². The topological polar surface area (TPSA) is 67.9 Å². The summed E-state index contributed by atoms with van der Waals surface area (Å²) < 4.78 is 10.8. The minimum atomic E-state index is -0.568. The molecular formula is C25H30N2O4. The van der Waals surface area contributed by atoms with E-state index in [9.17, 15) is 9.59 Å². The van der Waals surface area contributed by atoms with Crippen LogP contribution in [-0.2, 0) is 22.4 Å². The van der Waals surface area contributed by atoms with E-state index in [0.29, 0.717) is 19.4 Å². The molecule has 0 bridgehead atoms. The van der Waals surface area contributed by atoms with E-state index in [1.54, 1.807) is 19.1 Å². The number of benzene rings is 2. The van der Waals surface area contributed by atoms with Crippen molar-refractivity contribution in [3.63, 3.8) is 0 Å². The first-order chi connectivity index (χ1) is 14.9. The van der Waals surface area contributed by atoms with Gasteiger partial charge >= 0.3 is 0 Å². The number of likely N-dealkylation sites (N-methyl/N-ethyl adjacent to an activating group) is 1. The fourth-order valence-electron chi connectivity index (χ4n) is 3.52. The van der Waals surface area contributed by atoms with Gasteiger partial charge in [-0.2, -0.15) is 0 Å². The Morgan fingerprint density at radius 2 is 1.55 bits per heavy atom. The van der Waals surface area contributed by atoms with Crippen LogP contribution in [0.5, 0.6) is 11.5 Å². The standard InChI is InChI=1S/C25H30N2O4/c1-17(2)13-14-31-21-11-7-18(8-12-21)15-22-25(29)27(3)23(24(28)26-22)16-19-5-9-20(30-4)10-6-19/h5-13,22-23H,14-16H2,1-4H3,(H,26,28). The summed E-state index contributed by atoms with van der Waals surface area (Å²) in [5.41, 5.74) is 3.15. The number of hydrogen-bond acceptors (Lipinski definition) is 4. The Morgan fingerprint density at radius 1 is 0.968 bits per heavy atom. The van der Waals surface area contributed by atoms with Crippen LogP contribution in [0.4, 0.5) is 0 Å². The molecule has 1 fully saturated rings. The van der Waals surface area contributed by atoms with Gasteiger partial charge in [0.05, 0.1) is 7.11 Å². The number of piperazine rings is 1. The second-order valence-corrected chi connectivity index (χ2v) is 8.02. The first-order valence-corrected chi connectivity index (χ1v) is 10.4. The van der Waals surface area contributed by atoms with E-state index in [-0.39, 0.29) is 11.8 Å². The SMILES string of the molecule is COc1ccc(CC2C(=O)NC(Cc3ccc(OCC=C(C)C)cc3)C(=O)N2C)cc1. The van der Waals surface area contributed by atoms with Crippen molar-refractivity contribution in [3.8, 4) is 11.5 Å². The number of carbonyl (C=O) groups is 2. The minimum Gasteiger partial charge on any atom is -0.497 e. The molecule has 164 valence electrons. The molecule has 2 aromatic carbocycles. The number of rotatable bonds is 8. The Morgan fingerprint density at radius 3 is 2.13 bits per heavy atom. The summed E-state index contributed by atoms with van der Waals surface area (Å²) in [7, 11) is 3.31. The molecular weight excluding hydrogens is 392 g/mol. The lowest BCUT2D eigenvalue weighted by molar-refractivity contribution is -0.147. The molecule has 1 aliphatic rings. The zero-order valence-electron chi connectivity index (χ0n) is 18.6. The Hall–Kier alpha value is -3.28. The maximum atomic E-state index is 12.9. The van der Waals surface area contributed by atoms with Crippen LogP contribution in [0, 0.1) is 0 Å². The molecule has 1 N–H and O–H groups in total. The van der Waals surface area contributed by atoms with E-state index in [4.69, 9.17) is 9.47 Å². The van der Waals surface area contributed by atoms with Gasteiger partial charge in [0.15, 0.2) is 0 Å². The van der Waals surface area contributed by atoms with E-state index < -0.39 is 12.1 Å². The molecule has 0 aliphatic carbocycles. The van der Waals surface area contributed by atoms with Gasteiger partial charge in [0.1, 0.15) is 30.2 Å². The second kappa shape index (κ2) is 10.2. The summed E-state index contributed by atoms with van der Waals surface area (Å²) in [5, 5.41) is 2.91. The van der Waals surface area contributed by atoms with Crippen molar-refractivity contribution in [1.82, 2.24) is 10.2 Å². The average molecular weight is 423 g/mol. The van der Waals surface area contributed by atoms with E-state index in [1.807, 2.05) is 68.5 Å². The number of nitrogens with one attached hydrogen (secondary N) is 1. The highest BCUT2D eigenvalue weighted by molar-refractivity contribution is 5.97. The highest BCUT2D eigenvalue weighted by Crippen LogP contribution is 2.19. The fraction of sp³-hybridized carbons (Fsp3) is 0.360. The molecule has 0 saturated carbocycles. The van der Waals surface area contributed by atoms with Crippen molar-refractivity contribution in [2.45, 2.75) is 38.8 Å². The number of amides is 2. The van der Waals surface area contributed by atoms with Gasteiger partial charge < -0.3 is 19.7 Å². The normalized spacial score (nSPS) is 18.4. The third-order valence-corrected chi connectivity index (χ3v) is 5.43. The van der Waals surface area contributed by atoms with Gasteiger partial charge in [-0.05, 0) is 55.3 Å². The molecule has 31 heavy (non-hydrogen) atoms. The van der Waals surface area contributed by atoms with E-state index >= 15 is 0 Å². The summed E-state index contributed by atoms with van der Waals surface area (Å²) in [4.78, 5) is 27.2. The summed E-state index contributed by atoms with van der Waals surface area (Å²) in [6, 6.07) is 14.1. The number of methoxy groups -OCH3 is 1. The van der Waals surface area contributed by atoms with Crippen LogP contribution in [0.3, 0.4) is 0 Å². The minimum absolute atomic E-state index is 0.0815. The van der Waals surface area contributed by atoms with Gasteiger partial charge in [-0.1, -0.05) is 29.8 Å². The predicted molar refractivity (Wildman–Crippen MR) is 120 cm³/mol. The Bertz CT molecular complexity index is 931. The third kappa shape index (κ3) is 5.87. The summed E-state index contributed by atoms with van der Waals surface area (Å²) in [6.07, 6.45) is 2.92. The van der Waals surface area contributed by atoms with E-state index in [0.717, 1.165) is 22.6 Å². The maximum absolute atomic E-state index is 12.9. The third-order valence-electron chi connectivity index (χ3n) is 5.43. The van der Waals surface area contributed by atoms with Crippen LogP contribution in [0.2, 0.25) is 0 Å². The summed E-state index contributed by atoms with van der Waals surface area (Å²) in [6.45, 7) is 4.58. The van der Waals surface area contributed by atoms with E-state index in [2.05, 4.69) is 5.32 Å². The number of allylic oxidation sites excluding steroid dienone is 1. The van der Waals surface area contributed by atoms with Crippen molar-refractivity contribution >= 4 is 11.8 Å². The van der Waals surface area contributed by atoms with Gasteiger partial charge in [-0.25, -0.2) is 0 Å². The molecule has 2 atom stereocenters. The Labute approximate surface area is 183 Å². The quantitative estimate of drug-likeness (QED) is 0.664.